The van der Waals surface area contributed by atoms with Crippen LogP contribution >= 0.6 is 0 Å². The van der Waals surface area contributed by atoms with Crippen LogP contribution < -0.4 is 11.2 Å². The number of halogens is 2. The van der Waals surface area contributed by atoms with Crippen LogP contribution in [0.25, 0.3) is 0 Å². The minimum atomic E-state index is -2.59. The van der Waals surface area contributed by atoms with Crippen LogP contribution in [-0.2, 0) is 0 Å². The zero-order valence-corrected chi connectivity index (χ0v) is 9.37. The van der Waals surface area contributed by atoms with Gasteiger partial charge in [0.25, 0.3) is 0 Å². The molecule has 1 saturated carbocycles. The first-order valence-electron chi connectivity index (χ1n) is 5.67. The van der Waals surface area contributed by atoms with Gasteiger partial charge in [-0.15, -0.1) is 0 Å². The summed E-state index contributed by atoms with van der Waals surface area (Å²) >= 11 is 0. The van der Waals surface area contributed by atoms with Gasteiger partial charge in [0.15, 0.2) is 0 Å². The molecule has 92 valence electrons. The van der Waals surface area contributed by atoms with Gasteiger partial charge in [-0.3, -0.25) is 0 Å². The van der Waals surface area contributed by atoms with Crippen molar-refractivity contribution in [3.05, 3.63) is 0 Å². The molecular formula is C10H18F2N4. The largest absolute Gasteiger partial charge is 0.342 e. The third kappa shape index (κ3) is 2.17. The highest BCUT2D eigenvalue weighted by Crippen LogP contribution is 2.33. The van der Waals surface area contributed by atoms with E-state index in [2.05, 4.69) is 10.5 Å². The topological polar surface area (TPSA) is 53.6 Å². The zero-order valence-electron chi connectivity index (χ0n) is 9.37. The second-order valence-electron chi connectivity index (χ2n) is 4.87. The average molecular weight is 232 g/mol. The molecule has 1 aliphatic heterocycles. The molecule has 4 nitrogen and oxygen atoms in total. The monoisotopic (exact) mass is 232 g/mol. The highest BCUT2D eigenvalue weighted by Gasteiger charge is 2.41. The van der Waals surface area contributed by atoms with Gasteiger partial charge in [0.1, 0.15) is 0 Å². The summed E-state index contributed by atoms with van der Waals surface area (Å²) in [6.07, 6.45) is 5.46. The molecule has 1 heterocycles. The van der Waals surface area contributed by atoms with Crippen LogP contribution in [0.5, 0.6) is 0 Å². The minimum Gasteiger partial charge on any atom is -0.328 e. The van der Waals surface area contributed by atoms with Crippen molar-refractivity contribution in [1.82, 2.24) is 10.5 Å². The number of rotatable bonds is 2. The van der Waals surface area contributed by atoms with Crippen molar-refractivity contribution < 1.29 is 8.78 Å². The number of nitrogens with zero attached hydrogens (tertiary/aromatic N) is 2. The zero-order chi connectivity index (χ0) is 11.8. The van der Waals surface area contributed by atoms with Gasteiger partial charge in [-0.1, -0.05) is 0 Å². The Labute approximate surface area is 93.8 Å². The molecule has 0 spiro atoms. The lowest BCUT2D eigenvalue weighted by Gasteiger charge is -2.37. The molecule has 6 heteroatoms. The van der Waals surface area contributed by atoms with Crippen LogP contribution in [0.3, 0.4) is 0 Å². The molecule has 0 aromatic carbocycles. The lowest BCUT2D eigenvalue weighted by Crippen LogP contribution is -2.53. The maximum absolute atomic E-state index is 12.4. The summed E-state index contributed by atoms with van der Waals surface area (Å²) in [5.41, 5.74) is 8.15. The maximum atomic E-state index is 12.4. The second-order valence-corrected chi connectivity index (χ2v) is 4.87. The first-order chi connectivity index (χ1) is 7.51. The molecule has 1 fully saturated rings. The van der Waals surface area contributed by atoms with E-state index >= 15 is 0 Å². The molecule has 3 N–H and O–H groups in total. The van der Waals surface area contributed by atoms with Crippen molar-refractivity contribution in [3.8, 4) is 0 Å². The number of hydrazone groups is 1. The molecule has 0 bridgehead atoms. The van der Waals surface area contributed by atoms with E-state index in [1.54, 1.807) is 6.21 Å². The lowest BCUT2D eigenvalue weighted by atomic mass is 9.75. The summed E-state index contributed by atoms with van der Waals surface area (Å²) in [6, 6.07) is 0.268. The summed E-state index contributed by atoms with van der Waals surface area (Å²) < 4.78 is 24.9. The molecule has 0 amide bonds. The Morgan fingerprint density at radius 1 is 1.44 bits per heavy atom. The number of alkyl halides is 2. The molecule has 0 saturated heterocycles. The fourth-order valence-corrected chi connectivity index (χ4v) is 2.50. The molecular weight excluding hydrogens is 214 g/mol. The lowest BCUT2D eigenvalue weighted by molar-refractivity contribution is -0.0682. The second kappa shape index (κ2) is 4.25. The van der Waals surface area contributed by atoms with Gasteiger partial charge in [-0.05, 0) is 38.5 Å². The van der Waals surface area contributed by atoms with E-state index in [1.165, 1.54) is 0 Å². The predicted molar refractivity (Wildman–Crippen MR) is 57.8 cm³/mol. The number of hydrogen-bond acceptors (Lipinski definition) is 4. The van der Waals surface area contributed by atoms with Gasteiger partial charge in [-0.25, -0.2) is 5.43 Å². The quantitative estimate of drug-likeness (QED) is 0.705. The van der Waals surface area contributed by atoms with Crippen molar-refractivity contribution in [2.45, 2.75) is 50.7 Å². The molecule has 2 rings (SSSR count). The number of hydrazine groups is 1. The Morgan fingerprint density at radius 3 is 2.56 bits per heavy atom. The summed E-state index contributed by atoms with van der Waals surface area (Å²) in [4.78, 5) is 0. The Hall–Kier alpha value is -0.750. The number of nitrogens with two attached hydrogens (primary N) is 1. The highest BCUT2D eigenvalue weighted by atomic mass is 19.3. The van der Waals surface area contributed by atoms with Crippen LogP contribution in [-0.4, -0.2) is 29.5 Å². The van der Waals surface area contributed by atoms with Crippen LogP contribution in [0.2, 0.25) is 0 Å². The van der Waals surface area contributed by atoms with Gasteiger partial charge in [0.2, 0.25) is 0 Å². The molecule has 1 atom stereocenters. The maximum Gasteiger partial charge on any atom is 0.342 e. The summed E-state index contributed by atoms with van der Waals surface area (Å²) in [5, 5.41) is 4.33. The molecule has 0 aromatic heterocycles. The third-order valence-electron chi connectivity index (χ3n) is 3.61. The first kappa shape index (κ1) is 11.7. The smallest absolute Gasteiger partial charge is 0.328 e. The van der Waals surface area contributed by atoms with Crippen molar-refractivity contribution in [2.24, 2.45) is 16.8 Å². The van der Waals surface area contributed by atoms with E-state index in [9.17, 15) is 8.78 Å². The Bertz CT molecular complexity index is 276. The SMILES string of the molecule is CC1(C2CCC(N)CC2)C=NN(C(F)F)N1. The Balaban J connectivity index is 1.97. The normalized spacial score (nSPS) is 39.7. The number of nitrogens with one attached hydrogen (secondary N) is 1. The fraction of sp³-hybridized carbons (Fsp3) is 0.900. The van der Waals surface area contributed by atoms with E-state index in [0.717, 1.165) is 25.7 Å². The Morgan fingerprint density at radius 2 is 2.06 bits per heavy atom. The molecule has 1 aliphatic carbocycles. The van der Waals surface area contributed by atoms with Crippen molar-refractivity contribution in [2.75, 3.05) is 0 Å². The van der Waals surface area contributed by atoms with Crippen LogP contribution in [0.4, 0.5) is 8.78 Å². The molecule has 16 heavy (non-hydrogen) atoms. The van der Waals surface area contributed by atoms with Gasteiger partial charge in [0.05, 0.1) is 5.54 Å². The number of hydrogen-bond donors (Lipinski definition) is 2. The van der Waals surface area contributed by atoms with E-state index < -0.39 is 12.1 Å². The predicted octanol–water partition coefficient (Wildman–Crippen LogP) is 1.29. The van der Waals surface area contributed by atoms with E-state index in [-0.39, 0.29) is 6.04 Å². The standard InChI is InChI=1S/C10H18F2N4/c1-10(6-14-16(15-10)9(11)12)7-2-4-8(13)5-3-7/h6-9,15H,2-5,13H2,1H3. The van der Waals surface area contributed by atoms with Crippen LogP contribution in [0.15, 0.2) is 5.10 Å². The average Bonchev–Trinajstić information content (AvgIpc) is 2.63. The summed E-state index contributed by atoms with van der Waals surface area (Å²) in [7, 11) is 0. The van der Waals surface area contributed by atoms with Gasteiger partial charge < -0.3 is 5.73 Å². The molecule has 0 aromatic rings. The van der Waals surface area contributed by atoms with Crippen molar-refractivity contribution in [3.63, 3.8) is 0 Å². The Kier molecular flexibility index (Phi) is 3.12. The van der Waals surface area contributed by atoms with Crippen LogP contribution in [0.1, 0.15) is 32.6 Å². The van der Waals surface area contributed by atoms with Gasteiger partial charge in [0, 0.05) is 12.3 Å². The fourth-order valence-electron chi connectivity index (χ4n) is 2.50. The van der Waals surface area contributed by atoms with Gasteiger partial charge in [-0.2, -0.15) is 19.0 Å². The molecule has 2 aliphatic rings. The van der Waals surface area contributed by atoms with Crippen molar-refractivity contribution >= 4 is 6.21 Å². The highest BCUT2D eigenvalue weighted by molar-refractivity contribution is 5.71. The van der Waals surface area contributed by atoms with Crippen LogP contribution in [0, 0.1) is 5.92 Å². The van der Waals surface area contributed by atoms with Crippen molar-refractivity contribution in [1.29, 1.82) is 0 Å². The third-order valence-corrected chi connectivity index (χ3v) is 3.61. The van der Waals surface area contributed by atoms with E-state index in [4.69, 9.17) is 5.73 Å². The molecule has 1 unspecified atom stereocenters. The minimum absolute atomic E-state index is 0.268. The molecule has 0 radical (unpaired) electrons. The summed E-state index contributed by atoms with van der Waals surface area (Å²) in [6.45, 7) is -0.677. The van der Waals surface area contributed by atoms with E-state index in [1.807, 2.05) is 6.92 Å². The summed E-state index contributed by atoms with van der Waals surface area (Å²) in [5.74, 6) is 0.333. The first-order valence-corrected chi connectivity index (χ1v) is 5.67. The van der Waals surface area contributed by atoms with Gasteiger partial charge >= 0.3 is 6.55 Å². The van der Waals surface area contributed by atoms with E-state index in [0.29, 0.717) is 11.0 Å².